The van der Waals surface area contributed by atoms with Gasteiger partial charge >= 0.3 is 0 Å². The van der Waals surface area contributed by atoms with E-state index in [4.69, 9.17) is 21.6 Å². The summed E-state index contributed by atoms with van der Waals surface area (Å²) in [5, 5.41) is -0.181. The maximum absolute atomic E-state index is 6.43. The Balaban J connectivity index is 2.25. The first-order valence-electron chi connectivity index (χ1n) is 8.94. The van der Waals surface area contributed by atoms with E-state index in [0.717, 1.165) is 28.4 Å². The van der Waals surface area contributed by atoms with Gasteiger partial charge in [0.05, 0.1) is 28.2 Å². The SMILES string of the molecule is CC(Cl)C1=Nc2ccccc2C1=Nc1c(C(C)C)cccc1C(C)C. The van der Waals surface area contributed by atoms with E-state index in [0.29, 0.717) is 11.8 Å². The van der Waals surface area contributed by atoms with Crippen LogP contribution in [-0.4, -0.2) is 16.8 Å². The van der Waals surface area contributed by atoms with Gasteiger partial charge in [0.1, 0.15) is 0 Å². The lowest BCUT2D eigenvalue weighted by Gasteiger charge is -2.17. The molecule has 0 spiro atoms. The summed E-state index contributed by atoms with van der Waals surface area (Å²) in [6, 6.07) is 14.6. The lowest BCUT2D eigenvalue weighted by atomic mass is 9.92. The molecule has 0 amide bonds. The molecule has 0 saturated carbocycles. The van der Waals surface area contributed by atoms with Gasteiger partial charge in [0.15, 0.2) is 0 Å². The third-order valence-electron chi connectivity index (χ3n) is 4.59. The molecule has 0 radical (unpaired) electrons. The van der Waals surface area contributed by atoms with Gasteiger partial charge < -0.3 is 0 Å². The molecule has 0 N–H and O–H groups in total. The number of rotatable bonds is 4. The van der Waals surface area contributed by atoms with Gasteiger partial charge in [0.25, 0.3) is 0 Å². The highest BCUT2D eigenvalue weighted by atomic mass is 35.5. The minimum atomic E-state index is -0.181. The Labute approximate surface area is 155 Å². The summed E-state index contributed by atoms with van der Waals surface area (Å²) in [6.45, 7) is 10.8. The fourth-order valence-corrected chi connectivity index (χ4v) is 3.39. The van der Waals surface area contributed by atoms with E-state index in [1.165, 1.54) is 11.1 Å². The van der Waals surface area contributed by atoms with E-state index >= 15 is 0 Å². The Morgan fingerprint density at radius 1 is 0.840 bits per heavy atom. The largest absolute Gasteiger partial charge is 0.249 e. The van der Waals surface area contributed by atoms with Crippen molar-refractivity contribution in [3.05, 3.63) is 59.2 Å². The first kappa shape index (κ1) is 17.9. The molecule has 0 aliphatic carbocycles. The lowest BCUT2D eigenvalue weighted by Crippen LogP contribution is -2.19. The monoisotopic (exact) mass is 352 g/mol. The molecule has 1 aliphatic heterocycles. The second-order valence-corrected chi connectivity index (χ2v) is 7.84. The Bertz CT molecular complexity index is 819. The van der Waals surface area contributed by atoms with Gasteiger partial charge in [-0.2, -0.15) is 0 Å². The smallest absolute Gasteiger partial charge is 0.0961 e. The van der Waals surface area contributed by atoms with E-state index < -0.39 is 0 Å². The highest BCUT2D eigenvalue weighted by Crippen LogP contribution is 2.37. The van der Waals surface area contributed by atoms with Crippen molar-refractivity contribution in [2.75, 3.05) is 0 Å². The van der Waals surface area contributed by atoms with Crippen LogP contribution in [0.25, 0.3) is 0 Å². The molecule has 1 aliphatic rings. The molecule has 130 valence electrons. The Kier molecular flexibility index (Phi) is 5.10. The van der Waals surface area contributed by atoms with Crippen LogP contribution in [0.2, 0.25) is 0 Å². The van der Waals surface area contributed by atoms with Crippen molar-refractivity contribution in [3.8, 4) is 0 Å². The molecule has 3 rings (SSSR count). The van der Waals surface area contributed by atoms with Crippen molar-refractivity contribution in [1.29, 1.82) is 0 Å². The Morgan fingerprint density at radius 2 is 1.44 bits per heavy atom. The fourth-order valence-electron chi connectivity index (χ4n) is 3.24. The van der Waals surface area contributed by atoms with Gasteiger partial charge in [-0.25, -0.2) is 9.98 Å². The van der Waals surface area contributed by atoms with Crippen LogP contribution in [0, 0.1) is 0 Å². The second-order valence-electron chi connectivity index (χ2n) is 7.19. The van der Waals surface area contributed by atoms with Crippen molar-refractivity contribution in [3.63, 3.8) is 0 Å². The van der Waals surface area contributed by atoms with E-state index in [-0.39, 0.29) is 5.38 Å². The van der Waals surface area contributed by atoms with Crippen molar-refractivity contribution in [2.45, 2.75) is 51.8 Å². The summed E-state index contributed by atoms with van der Waals surface area (Å²) < 4.78 is 0. The molecule has 0 aromatic heterocycles. The number of benzene rings is 2. The molecular weight excluding hydrogens is 328 g/mol. The molecule has 0 fully saturated rings. The molecule has 1 heterocycles. The second kappa shape index (κ2) is 7.13. The minimum Gasteiger partial charge on any atom is -0.249 e. The molecular formula is C22H25ClN2. The van der Waals surface area contributed by atoms with E-state index in [9.17, 15) is 0 Å². The number of aliphatic imine (C=N–C) groups is 2. The number of fused-ring (bicyclic) bond motifs is 1. The normalized spacial score (nSPS) is 16.5. The standard InChI is InChI=1S/C22H25ClN2/c1-13(2)16-10-8-11-17(14(3)4)21(16)25-22-18-9-6-7-12-19(18)24-20(22)15(5)23/h6-15H,1-5H3. The van der Waals surface area contributed by atoms with Gasteiger partial charge in [-0.1, -0.05) is 64.1 Å². The molecule has 2 nitrogen and oxygen atoms in total. The lowest BCUT2D eigenvalue weighted by molar-refractivity contribution is 0.835. The quantitative estimate of drug-likeness (QED) is 0.542. The molecule has 1 unspecified atom stereocenters. The maximum atomic E-state index is 6.43. The summed E-state index contributed by atoms with van der Waals surface area (Å²) in [6.07, 6.45) is 0. The third kappa shape index (κ3) is 3.41. The molecule has 0 bridgehead atoms. The summed E-state index contributed by atoms with van der Waals surface area (Å²) in [4.78, 5) is 9.88. The topological polar surface area (TPSA) is 24.7 Å². The zero-order valence-electron chi connectivity index (χ0n) is 15.5. The molecule has 25 heavy (non-hydrogen) atoms. The van der Waals surface area contributed by atoms with Crippen LogP contribution in [0.5, 0.6) is 0 Å². The molecule has 3 heteroatoms. The molecule has 0 saturated heterocycles. The number of para-hydroxylation sites is 2. The maximum Gasteiger partial charge on any atom is 0.0961 e. The third-order valence-corrected chi connectivity index (χ3v) is 4.79. The molecule has 1 atom stereocenters. The van der Waals surface area contributed by atoms with Gasteiger partial charge in [-0.15, -0.1) is 11.6 Å². The zero-order chi connectivity index (χ0) is 18.1. The van der Waals surface area contributed by atoms with Gasteiger partial charge in [-0.3, -0.25) is 0 Å². The number of halogens is 1. The van der Waals surface area contributed by atoms with Crippen LogP contribution in [0.15, 0.2) is 52.4 Å². The van der Waals surface area contributed by atoms with Crippen LogP contribution < -0.4 is 0 Å². The summed E-state index contributed by atoms with van der Waals surface area (Å²) >= 11 is 6.43. The van der Waals surface area contributed by atoms with Crippen molar-refractivity contribution in [2.24, 2.45) is 9.98 Å². The van der Waals surface area contributed by atoms with Crippen molar-refractivity contribution in [1.82, 2.24) is 0 Å². The molecule has 2 aromatic rings. The fraction of sp³-hybridized carbons (Fsp3) is 0.364. The van der Waals surface area contributed by atoms with Crippen LogP contribution in [0.3, 0.4) is 0 Å². The van der Waals surface area contributed by atoms with Crippen molar-refractivity contribution < 1.29 is 0 Å². The highest BCUT2D eigenvalue weighted by molar-refractivity contribution is 6.59. The zero-order valence-corrected chi connectivity index (χ0v) is 16.3. The minimum absolute atomic E-state index is 0.181. The predicted octanol–water partition coefficient (Wildman–Crippen LogP) is 6.77. The first-order valence-corrected chi connectivity index (χ1v) is 9.37. The van der Waals surface area contributed by atoms with Crippen LogP contribution in [-0.2, 0) is 0 Å². The van der Waals surface area contributed by atoms with Crippen LogP contribution in [0.4, 0.5) is 11.4 Å². The van der Waals surface area contributed by atoms with E-state index in [1.54, 1.807) is 0 Å². The van der Waals surface area contributed by atoms with E-state index in [1.807, 2.05) is 25.1 Å². The number of alkyl halides is 1. The molecule has 2 aromatic carbocycles. The van der Waals surface area contributed by atoms with Crippen LogP contribution in [0.1, 0.15) is 63.1 Å². The first-order chi connectivity index (χ1) is 11.9. The van der Waals surface area contributed by atoms with Gasteiger partial charge in [0, 0.05) is 5.56 Å². The summed E-state index contributed by atoms with van der Waals surface area (Å²) in [5.41, 5.74) is 7.40. The summed E-state index contributed by atoms with van der Waals surface area (Å²) in [7, 11) is 0. The Hall–Kier alpha value is -1.93. The predicted molar refractivity (Wildman–Crippen MR) is 110 cm³/mol. The average molecular weight is 353 g/mol. The number of hydrogen-bond acceptors (Lipinski definition) is 2. The number of hydrogen-bond donors (Lipinski definition) is 0. The van der Waals surface area contributed by atoms with E-state index in [2.05, 4.69) is 52.0 Å². The van der Waals surface area contributed by atoms with Crippen molar-refractivity contribution >= 4 is 34.4 Å². The number of nitrogens with zero attached hydrogens (tertiary/aromatic N) is 2. The average Bonchev–Trinajstić information content (AvgIpc) is 2.93. The van der Waals surface area contributed by atoms with Crippen LogP contribution >= 0.6 is 11.6 Å². The highest BCUT2D eigenvalue weighted by Gasteiger charge is 2.26. The summed E-state index contributed by atoms with van der Waals surface area (Å²) in [5.74, 6) is 0.812. The van der Waals surface area contributed by atoms with Gasteiger partial charge in [0.2, 0.25) is 0 Å². The Morgan fingerprint density at radius 3 is 2.00 bits per heavy atom. The van der Waals surface area contributed by atoms with Gasteiger partial charge in [-0.05, 0) is 36.0 Å².